The number of fused-ring (bicyclic) bond motifs is 3. The van der Waals surface area contributed by atoms with Crippen LogP contribution in [-0.2, 0) is 4.74 Å². The lowest BCUT2D eigenvalue weighted by Gasteiger charge is -2.14. The molecule has 0 spiro atoms. The molecule has 1 amide bonds. The normalized spacial score (nSPS) is 12.6. The van der Waals surface area contributed by atoms with Gasteiger partial charge in [-0.05, 0) is 40.5 Å². The summed E-state index contributed by atoms with van der Waals surface area (Å²) in [6.45, 7) is 0.467. The van der Waals surface area contributed by atoms with Gasteiger partial charge in [-0.25, -0.2) is 4.79 Å². The summed E-state index contributed by atoms with van der Waals surface area (Å²) in [6, 6.07) is 20.9. The second-order valence-electron chi connectivity index (χ2n) is 6.82. The van der Waals surface area contributed by atoms with Gasteiger partial charge in [0.05, 0.1) is 5.56 Å². The molecule has 4 rings (SSSR count). The maximum absolute atomic E-state index is 12.1. The second kappa shape index (κ2) is 8.10. The third-order valence-electron chi connectivity index (χ3n) is 5.05. The predicted molar refractivity (Wildman–Crippen MR) is 112 cm³/mol. The SMILES string of the molecule is O=C(NCC=Cc1c(O)cccc1O)OCC1c2ccccc2-c2ccccc21. The highest BCUT2D eigenvalue weighted by Crippen LogP contribution is 2.44. The quantitative estimate of drug-likeness (QED) is 0.595. The third-order valence-corrected chi connectivity index (χ3v) is 5.05. The van der Waals surface area contributed by atoms with Crippen molar-refractivity contribution in [3.63, 3.8) is 0 Å². The van der Waals surface area contributed by atoms with E-state index in [-0.39, 0.29) is 30.6 Å². The number of phenolic OH excluding ortho intramolecular Hbond substituents is 2. The summed E-state index contributed by atoms with van der Waals surface area (Å²) < 4.78 is 5.46. The van der Waals surface area contributed by atoms with Crippen LogP contribution in [0.25, 0.3) is 17.2 Å². The smallest absolute Gasteiger partial charge is 0.407 e. The van der Waals surface area contributed by atoms with Crippen molar-refractivity contribution in [1.82, 2.24) is 5.32 Å². The Labute approximate surface area is 168 Å². The van der Waals surface area contributed by atoms with Crippen molar-refractivity contribution < 1.29 is 19.7 Å². The maximum atomic E-state index is 12.1. The predicted octanol–water partition coefficient (Wildman–Crippen LogP) is 4.65. The molecule has 3 aromatic rings. The standard InChI is InChI=1S/C24H21NO4/c26-22-12-5-13-23(27)20(22)11-6-14-25-24(28)29-15-21-18-9-3-1-7-16(18)17-8-2-4-10-19(17)21/h1-13,21,26-27H,14-15H2,(H,25,28). The highest BCUT2D eigenvalue weighted by molar-refractivity contribution is 5.79. The van der Waals surface area contributed by atoms with Crippen LogP contribution in [0.3, 0.4) is 0 Å². The maximum Gasteiger partial charge on any atom is 0.407 e. The molecule has 0 fully saturated rings. The first-order valence-electron chi connectivity index (χ1n) is 9.41. The van der Waals surface area contributed by atoms with Crippen molar-refractivity contribution in [2.45, 2.75) is 5.92 Å². The number of hydrogen-bond acceptors (Lipinski definition) is 4. The van der Waals surface area contributed by atoms with Crippen molar-refractivity contribution >= 4 is 12.2 Å². The van der Waals surface area contributed by atoms with Crippen LogP contribution in [0, 0.1) is 0 Å². The molecular formula is C24H21NO4. The average molecular weight is 387 g/mol. The average Bonchev–Trinajstić information content (AvgIpc) is 3.05. The van der Waals surface area contributed by atoms with Gasteiger partial charge in [0, 0.05) is 12.5 Å². The molecular weight excluding hydrogens is 366 g/mol. The first-order chi connectivity index (χ1) is 14.1. The Morgan fingerprint density at radius 1 is 0.897 bits per heavy atom. The van der Waals surface area contributed by atoms with Crippen LogP contribution in [0.2, 0.25) is 0 Å². The van der Waals surface area contributed by atoms with Crippen LogP contribution < -0.4 is 5.32 Å². The lowest BCUT2D eigenvalue weighted by molar-refractivity contribution is 0.144. The summed E-state index contributed by atoms with van der Waals surface area (Å²) in [5, 5.41) is 22.1. The zero-order valence-electron chi connectivity index (χ0n) is 15.7. The molecule has 0 aliphatic heterocycles. The van der Waals surface area contributed by atoms with Gasteiger partial charge in [0.2, 0.25) is 0 Å². The number of amides is 1. The number of ether oxygens (including phenoxy) is 1. The van der Waals surface area contributed by atoms with Gasteiger partial charge in [-0.15, -0.1) is 0 Å². The van der Waals surface area contributed by atoms with Crippen LogP contribution in [0.4, 0.5) is 4.79 Å². The van der Waals surface area contributed by atoms with Crippen LogP contribution in [0.15, 0.2) is 72.8 Å². The summed E-state index contributed by atoms with van der Waals surface area (Å²) in [7, 11) is 0. The first kappa shape index (κ1) is 18.6. The minimum atomic E-state index is -0.516. The Balaban J connectivity index is 1.35. The Morgan fingerprint density at radius 3 is 2.10 bits per heavy atom. The van der Waals surface area contributed by atoms with E-state index < -0.39 is 6.09 Å². The molecule has 0 heterocycles. The zero-order valence-corrected chi connectivity index (χ0v) is 15.7. The van der Waals surface area contributed by atoms with Gasteiger partial charge in [0.15, 0.2) is 0 Å². The number of alkyl carbamates (subject to hydrolysis) is 1. The highest BCUT2D eigenvalue weighted by atomic mass is 16.5. The van der Waals surface area contributed by atoms with Gasteiger partial charge in [-0.1, -0.05) is 60.7 Å². The van der Waals surface area contributed by atoms with E-state index in [4.69, 9.17) is 4.74 Å². The fraction of sp³-hybridized carbons (Fsp3) is 0.125. The van der Waals surface area contributed by atoms with Crippen LogP contribution >= 0.6 is 0 Å². The van der Waals surface area contributed by atoms with E-state index in [0.29, 0.717) is 5.56 Å². The van der Waals surface area contributed by atoms with Gasteiger partial charge in [0.1, 0.15) is 18.1 Å². The van der Waals surface area contributed by atoms with E-state index in [0.717, 1.165) is 11.1 Å². The Kier molecular flexibility index (Phi) is 5.20. The minimum absolute atomic E-state index is 0.0157. The van der Waals surface area contributed by atoms with E-state index in [2.05, 4.69) is 29.6 Å². The number of aromatic hydroxyl groups is 2. The zero-order chi connectivity index (χ0) is 20.2. The summed E-state index contributed by atoms with van der Waals surface area (Å²) in [5.74, 6) is -0.0355. The number of nitrogens with one attached hydrogen (secondary N) is 1. The molecule has 0 saturated heterocycles. The topological polar surface area (TPSA) is 78.8 Å². The van der Waals surface area contributed by atoms with Gasteiger partial charge in [-0.3, -0.25) is 0 Å². The molecule has 3 aromatic carbocycles. The molecule has 29 heavy (non-hydrogen) atoms. The number of hydrogen-bond donors (Lipinski definition) is 3. The molecule has 0 saturated carbocycles. The molecule has 1 aliphatic rings. The summed E-state index contributed by atoms with van der Waals surface area (Å²) in [5.41, 5.74) is 5.00. The Morgan fingerprint density at radius 2 is 1.48 bits per heavy atom. The monoisotopic (exact) mass is 387 g/mol. The van der Waals surface area contributed by atoms with E-state index in [1.165, 1.54) is 23.3 Å². The molecule has 0 atom stereocenters. The van der Waals surface area contributed by atoms with E-state index in [1.807, 2.05) is 24.3 Å². The molecule has 5 heteroatoms. The third kappa shape index (κ3) is 3.80. The molecule has 5 nitrogen and oxygen atoms in total. The van der Waals surface area contributed by atoms with Crippen LogP contribution in [0.5, 0.6) is 11.5 Å². The van der Waals surface area contributed by atoms with Crippen molar-refractivity contribution in [2.24, 2.45) is 0 Å². The number of carbonyl (C=O) groups is 1. The molecule has 0 unspecified atom stereocenters. The number of carbonyl (C=O) groups excluding carboxylic acids is 1. The van der Waals surface area contributed by atoms with E-state index >= 15 is 0 Å². The van der Waals surface area contributed by atoms with Gasteiger partial charge < -0.3 is 20.3 Å². The minimum Gasteiger partial charge on any atom is -0.507 e. The van der Waals surface area contributed by atoms with Crippen molar-refractivity contribution in [1.29, 1.82) is 0 Å². The van der Waals surface area contributed by atoms with Gasteiger partial charge in [0.25, 0.3) is 0 Å². The largest absolute Gasteiger partial charge is 0.507 e. The fourth-order valence-electron chi connectivity index (χ4n) is 3.68. The summed E-state index contributed by atoms with van der Waals surface area (Å²) in [6.07, 6.45) is 2.67. The van der Waals surface area contributed by atoms with Crippen molar-refractivity contribution in [3.8, 4) is 22.6 Å². The Bertz CT molecular complexity index is 1010. The van der Waals surface area contributed by atoms with E-state index in [1.54, 1.807) is 18.2 Å². The molecule has 0 bridgehead atoms. The van der Waals surface area contributed by atoms with Crippen LogP contribution in [0.1, 0.15) is 22.6 Å². The highest BCUT2D eigenvalue weighted by Gasteiger charge is 2.28. The van der Waals surface area contributed by atoms with Crippen molar-refractivity contribution in [2.75, 3.05) is 13.2 Å². The summed E-state index contributed by atoms with van der Waals surface area (Å²) >= 11 is 0. The second-order valence-corrected chi connectivity index (χ2v) is 6.82. The first-order valence-corrected chi connectivity index (χ1v) is 9.41. The molecule has 0 radical (unpaired) electrons. The van der Waals surface area contributed by atoms with E-state index in [9.17, 15) is 15.0 Å². The van der Waals surface area contributed by atoms with Crippen molar-refractivity contribution in [3.05, 3.63) is 89.5 Å². The van der Waals surface area contributed by atoms with Gasteiger partial charge >= 0.3 is 6.09 Å². The lowest BCUT2D eigenvalue weighted by Crippen LogP contribution is -2.26. The molecule has 146 valence electrons. The fourth-order valence-corrected chi connectivity index (χ4v) is 3.68. The number of benzene rings is 3. The van der Waals surface area contributed by atoms with Gasteiger partial charge in [-0.2, -0.15) is 0 Å². The number of phenols is 2. The Hall–Kier alpha value is -3.73. The number of rotatable bonds is 5. The molecule has 1 aliphatic carbocycles. The summed E-state index contributed by atoms with van der Waals surface area (Å²) in [4.78, 5) is 12.1. The molecule has 3 N–H and O–H groups in total. The molecule has 0 aromatic heterocycles. The lowest BCUT2D eigenvalue weighted by atomic mass is 9.98. The van der Waals surface area contributed by atoms with Crippen LogP contribution in [-0.4, -0.2) is 29.5 Å².